The molecule has 0 bridgehead atoms. The zero-order chi connectivity index (χ0) is 15.5. The Morgan fingerprint density at radius 3 is 2.86 bits per heavy atom. The highest BCUT2D eigenvalue weighted by molar-refractivity contribution is 7.18. The van der Waals surface area contributed by atoms with Crippen LogP contribution in [0.4, 0.5) is 13.2 Å². The first-order valence-electron chi connectivity index (χ1n) is 6.51. The molecule has 2 rings (SSSR count). The van der Waals surface area contributed by atoms with Crippen LogP contribution in [-0.2, 0) is 11.3 Å². The van der Waals surface area contributed by atoms with Crippen molar-refractivity contribution in [2.24, 2.45) is 0 Å². The number of thiazole rings is 1. The Morgan fingerprint density at radius 1 is 1.43 bits per heavy atom. The second kappa shape index (κ2) is 6.53. The molecule has 7 heteroatoms. The molecule has 0 aromatic carbocycles. The van der Waals surface area contributed by atoms with E-state index >= 15 is 0 Å². The largest absolute Gasteiger partial charge is 0.416 e. The molecule has 2 heterocycles. The second-order valence-corrected chi connectivity index (χ2v) is 5.60. The number of fused-ring (bicyclic) bond motifs is 1. The van der Waals surface area contributed by atoms with Gasteiger partial charge in [0.05, 0.1) is 12.2 Å². The first-order valence-corrected chi connectivity index (χ1v) is 7.33. The number of hydrogen-bond acceptors (Lipinski definition) is 4. The molecule has 2 aromatic heterocycles. The molecule has 0 N–H and O–H groups in total. The van der Waals surface area contributed by atoms with Crippen LogP contribution in [0.2, 0.25) is 0 Å². The lowest BCUT2D eigenvalue weighted by Crippen LogP contribution is -2.09. The Bertz CT molecular complexity index is 637. The van der Waals surface area contributed by atoms with Gasteiger partial charge in [0.2, 0.25) is 0 Å². The summed E-state index contributed by atoms with van der Waals surface area (Å²) < 4.78 is 43.3. The molecular weight excluding hydrogens is 301 g/mol. The number of ether oxygens (including phenoxy) is 1. The van der Waals surface area contributed by atoms with Gasteiger partial charge >= 0.3 is 6.18 Å². The molecule has 0 radical (unpaired) electrons. The molecule has 0 saturated carbocycles. The molecule has 0 aliphatic rings. The molecule has 3 nitrogen and oxygen atoms in total. The van der Waals surface area contributed by atoms with Crippen LogP contribution in [0.5, 0.6) is 0 Å². The normalized spacial score (nSPS) is 12.0. The van der Waals surface area contributed by atoms with Crippen LogP contribution in [0, 0.1) is 0 Å². The second-order valence-electron chi connectivity index (χ2n) is 4.54. The van der Waals surface area contributed by atoms with Crippen molar-refractivity contribution in [3.63, 3.8) is 0 Å². The first kappa shape index (κ1) is 15.9. The molecule has 0 aliphatic heterocycles. The van der Waals surface area contributed by atoms with Crippen molar-refractivity contribution in [2.75, 3.05) is 6.61 Å². The van der Waals surface area contributed by atoms with E-state index in [2.05, 4.69) is 23.5 Å². The zero-order valence-electron chi connectivity index (χ0n) is 11.5. The van der Waals surface area contributed by atoms with Gasteiger partial charge in [-0.15, -0.1) is 0 Å². The van der Waals surface area contributed by atoms with Gasteiger partial charge in [0.25, 0.3) is 0 Å². The van der Waals surface area contributed by atoms with Gasteiger partial charge in [-0.2, -0.15) is 13.2 Å². The van der Waals surface area contributed by atoms with Crippen LogP contribution in [0.1, 0.15) is 30.3 Å². The fraction of sp³-hybridized carbons (Fsp3) is 0.429. The Morgan fingerprint density at radius 2 is 2.19 bits per heavy atom. The topological polar surface area (TPSA) is 35.0 Å². The van der Waals surface area contributed by atoms with Crippen molar-refractivity contribution in [1.82, 2.24) is 9.97 Å². The highest BCUT2D eigenvalue weighted by Gasteiger charge is 2.33. The van der Waals surface area contributed by atoms with Gasteiger partial charge in [0, 0.05) is 18.4 Å². The summed E-state index contributed by atoms with van der Waals surface area (Å²) in [6, 6.07) is 1.37. The number of alkyl halides is 3. The van der Waals surface area contributed by atoms with Gasteiger partial charge < -0.3 is 4.74 Å². The predicted octanol–water partition coefficient (Wildman–Crippen LogP) is 4.58. The van der Waals surface area contributed by atoms with E-state index in [-0.39, 0.29) is 5.56 Å². The number of allylic oxidation sites excluding steroid dienone is 1. The summed E-state index contributed by atoms with van der Waals surface area (Å²) in [6.07, 6.45) is -1.27. The van der Waals surface area contributed by atoms with Gasteiger partial charge in [-0.25, -0.2) is 9.97 Å². The number of pyridine rings is 1. The number of rotatable bonds is 6. The summed E-state index contributed by atoms with van der Waals surface area (Å²) in [5.41, 5.74) is -0.526. The van der Waals surface area contributed by atoms with Gasteiger partial charge in [-0.3, -0.25) is 0 Å². The minimum Gasteiger partial charge on any atom is -0.374 e. The van der Waals surface area contributed by atoms with Gasteiger partial charge in [0.1, 0.15) is 15.4 Å². The quantitative estimate of drug-likeness (QED) is 0.732. The maximum atomic E-state index is 12.6. The van der Waals surface area contributed by atoms with Crippen LogP contribution in [0.3, 0.4) is 0 Å². The molecule has 0 aliphatic carbocycles. The maximum Gasteiger partial charge on any atom is 0.416 e. The molecule has 0 saturated heterocycles. The summed E-state index contributed by atoms with van der Waals surface area (Å²) >= 11 is 1.33. The molecule has 0 atom stereocenters. The van der Waals surface area contributed by atoms with E-state index in [1.807, 2.05) is 0 Å². The summed E-state index contributed by atoms with van der Waals surface area (Å²) in [6.45, 7) is 6.14. The molecule has 0 fully saturated rings. The Labute approximate surface area is 124 Å². The Hall–Kier alpha value is -1.47. The standard InChI is InChI=1S/C14H15F3N2OS/c1-3-4-5-20-8-12-19-11-6-10(7-18-13(11)21-12)9(2)14(15,16)17/h6-7H,2-5,8H2,1H3. The molecule has 0 spiro atoms. The lowest BCUT2D eigenvalue weighted by Gasteiger charge is -2.09. The van der Waals surface area contributed by atoms with Crippen molar-refractivity contribution < 1.29 is 17.9 Å². The van der Waals surface area contributed by atoms with Gasteiger partial charge in [0.15, 0.2) is 0 Å². The summed E-state index contributed by atoms with van der Waals surface area (Å²) in [7, 11) is 0. The van der Waals surface area contributed by atoms with Crippen molar-refractivity contribution >= 4 is 27.3 Å². The highest BCUT2D eigenvalue weighted by atomic mass is 32.1. The van der Waals surface area contributed by atoms with Gasteiger partial charge in [-0.05, 0) is 12.5 Å². The van der Waals surface area contributed by atoms with Gasteiger partial charge in [-0.1, -0.05) is 31.3 Å². The molecule has 114 valence electrons. The van der Waals surface area contributed by atoms with Crippen molar-refractivity contribution in [1.29, 1.82) is 0 Å². The van der Waals surface area contributed by atoms with Crippen molar-refractivity contribution in [2.45, 2.75) is 32.5 Å². The molecular formula is C14H15F3N2OS. The van der Waals surface area contributed by atoms with E-state index in [1.165, 1.54) is 23.6 Å². The third kappa shape index (κ3) is 4.01. The molecule has 0 amide bonds. The predicted molar refractivity (Wildman–Crippen MR) is 77.1 cm³/mol. The average Bonchev–Trinajstić information content (AvgIpc) is 2.83. The van der Waals surface area contributed by atoms with Crippen molar-refractivity contribution in [3.8, 4) is 0 Å². The van der Waals surface area contributed by atoms with Crippen LogP contribution >= 0.6 is 11.3 Å². The fourth-order valence-electron chi connectivity index (χ4n) is 1.66. The Kier molecular flexibility index (Phi) is 4.95. The number of aromatic nitrogens is 2. The van der Waals surface area contributed by atoms with Crippen LogP contribution in [0.25, 0.3) is 15.9 Å². The van der Waals surface area contributed by atoms with E-state index in [0.717, 1.165) is 12.8 Å². The minimum atomic E-state index is -4.46. The monoisotopic (exact) mass is 316 g/mol. The molecule has 0 unspecified atom stereocenters. The van der Waals surface area contributed by atoms with Crippen LogP contribution in [-0.4, -0.2) is 22.8 Å². The fourth-order valence-corrected chi connectivity index (χ4v) is 2.49. The summed E-state index contributed by atoms with van der Waals surface area (Å²) in [4.78, 5) is 8.88. The zero-order valence-corrected chi connectivity index (χ0v) is 12.4. The number of hydrogen-bond donors (Lipinski definition) is 0. The SMILES string of the molecule is C=C(c1cnc2sc(COCCCC)nc2c1)C(F)(F)F. The highest BCUT2D eigenvalue weighted by Crippen LogP contribution is 2.33. The van der Waals surface area contributed by atoms with E-state index in [9.17, 15) is 13.2 Å². The smallest absolute Gasteiger partial charge is 0.374 e. The average molecular weight is 316 g/mol. The molecule has 21 heavy (non-hydrogen) atoms. The van der Waals surface area contributed by atoms with Crippen molar-refractivity contribution in [3.05, 3.63) is 29.4 Å². The first-order chi connectivity index (χ1) is 9.91. The summed E-state index contributed by atoms with van der Waals surface area (Å²) in [5, 5.41) is 0.711. The third-order valence-corrected chi connectivity index (χ3v) is 3.80. The minimum absolute atomic E-state index is 0.0567. The van der Waals surface area contributed by atoms with Crippen LogP contribution in [0.15, 0.2) is 18.8 Å². The van der Waals surface area contributed by atoms with E-state index < -0.39 is 11.7 Å². The lowest BCUT2D eigenvalue weighted by atomic mass is 10.1. The van der Waals surface area contributed by atoms with E-state index in [1.54, 1.807) is 0 Å². The number of unbranched alkanes of at least 4 members (excludes halogenated alkanes) is 1. The maximum absolute atomic E-state index is 12.6. The Balaban J connectivity index is 2.15. The van der Waals surface area contributed by atoms with E-state index in [4.69, 9.17) is 4.74 Å². The molecule has 2 aromatic rings. The van der Waals surface area contributed by atoms with Crippen LogP contribution < -0.4 is 0 Å². The van der Waals surface area contributed by atoms with E-state index in [0.29, 0.717) is 28.6 Å². The third-order valence-electron chi connectivity index (χ3n) is 2.85. The lowest BCUT2D eigenvalue weighted by molar-refractivity contribution is -0.0686. The number of nitrogens with zero attached hydrogens (tertiary/aromatic N) is 2. The summed E-state index contributed by atoms with van der Waals surface area (Å²) in [5.74, 6) is 0. The number of halogens is 3.